The van der Waals surface area contributed by atoms with Gasteiger partial charge in [0.05, 0.1) is 23.8 Å². The van der Waals surface area contributed by atoms with Crippen molar-refractivity contribution in [3.63, 3.8) is 0 Å². The van der Waals surface area contributed by atoms with Gasteiger partial charge in [0.1, 0.15) is 11.7 Å². The Morgan fingerprint density at radius 2 is 1.92 bits per heavy atom. The summed E-state index contributed by atoms with van der Waals surface area (Å²) in [4.78, 5) is 39.0. The number of amides is 2. The molecule has 2 amide bonds. The Balaban J connectivity index is 1.70. The van der Waals surface area contributed by atoms with Gasteiger partial charge in [-0.3, -0.25) is 9.59 Å². The van der Waals surface area contributed by atoms with Gasteiger partial charge < -0.3 is 15.0 Å². The third-order valence-corrected chi connectivity index (χ3v) is 6.41. The average Bonchev–Trinajstić information content (AvgIpc) is 3.27. The molecule has 2 atom stereocenters. The predicted molar refractivity (Wildman–Crippen MR) is 124 cm³/mol. The first kappa shape index (κ1) is 25.5. The smallest absolute Gasteiger partial charge is 0.451 e. The normalized spacial score (nSPS) is 16.4. The number of ether oxygens (including phenoxy) is 1. The molecule has 2 unspecified atom stereocenters. The van der Waals surface area contributed by atoms with E-state index in [0.29, 0.717) is 16.3 Å². The van der Waals surface area contributed by atoms with Crippen LogP contribution in [-0.2, 0) is 11.0 Å². The zero-order valence-electron chi connectivity index (χ0n) is 19.4. The molecule has 0 radical (unpaired) electrons. The summed E-state index contributed by atoms with van der Waals surface area (Å²) in [7, 11) is 0. The number of halogens is 4. The van der Waals surface area contributed by atoms with Crippen LogP contribution in [-0.4, -0.2) is 46.1 Å². The van der Waals surface area contributed by atoms with Gasteiger partial charge in [0.2, 0.25) is 5.82 Å². The number of rotatable bonds is 6. The molecule has 13 heteroatoms. The largest absolute Gasteiger partial charge is 0.478 e. The molecule has 0 saturated heterocycles. The van der Waals surface area contributed by atoms with Crippen molar-refractivity contribution in [3.8, 4) is 16.3 Å². The third kappa shape index (κ3) is 5.01. The minimum absolute atomic E-state index is 0.131. The first-order valence-electron chi connectivity index (χ1n) is 10.8. The second-order valence-electron chi connectivity index (χ2n) is 8.12. The Morgan fingerprint density at radius 1 is 1.22 bits per heavy atom. The molecule has 190 valence electrons. The molecule has 3 heterocycles. The van der Waals surface area contributed by atoms with Crippen molar-refractivity contribution in [1.82, 2.24) is 20.3 Å². The number of thiazole rings is 1. The van der Waals surface area contributed by atoms with Crippen molar-refractivity contribution < 1.29 is 31.9 Å². The molecule has 3 aromatic rings. The van der Waals surface area contributed by atoms with E-state index in [1.54, 1.807) is 26.1 Å². The van der Waals surface area contributed by atoms with Gasteiger partial charge in [-0.05, 0) is 32.9 Å². The summed E-state index contributed by atoms with van der Waals surface area (Å²) in [6, 6.07) is 2.24. The Hall–Kier alpha value is -3.61. The Bertz CT molecular complexity index is 1300. The summed E-state index contributed by atoms with van der Waals surface area (Å²) in [5.41, 5.74) is 1.09. The van der Waals surface area contributed by atoms with Crippen molar-refractivity contribution in [1.29, 1.82) is 0 Å². The lowest BCUT2D eigenvalue weighted by Crippen LogP contribution is -2.45. The monoisotopic (exact) mass is 523 g/mol. The summed E-state index contributed by atoms with van der Waals surface area (Å²) >= 11 is 1.36. The van der Waals surface area contributed by atoms with Gasteiger partial charge in [-0.15, -0.1) is 11.3 Å². The summed E-state index contributed by atoms with van der Waals surface area (Å²) < 4.78 is 57.4. The van der Waals surface area contributed by atoms with E-state index in [2.05, 4.69) is 20.3 Å². The topological polar surface area (TPSA) is 97.3 Å². The average molecular weight is 524 g/mol. The number of carbonyl (C=O) groups is 2. The number of alkyl halides is 4. The van der Waals surface area contributed by atoms with E-state index in [1.165, 1.54) is 22.3 Å². The highest BCUT2D eigenvalue weighted by atomic mass is 32.1. The number of aromatic nitrogens is 3. The van der Waals surface area contributed by atoms with Crippen molar-refractivity contribution in [2.75, 3.05) is 18.1 Å². The van der Waals surface area contributed by atoms with Crippen molar-refractivity contribution in [3.05, 3.63) is 52.6 Å². The van der Waals surface area contributed by atoms with E-state index < -0.39 is 42.6 Å². The number of nitrogens with one attached hydrogen (secondary N) is 1. The van der Waals surface area contributed by atoms with Crippen molar-refractivity contribution in [2.24, 2.45) is 0 Å². The van der Waals surface area contributed by atoms with Crippen LogP contribution in [0.1, 0.15) is 46.5 Å². The van der Waals surface area contributed by atoms with Crippen LogP contribution in [0, 0.1) is 6.92 Å². The molecule has 8 nitrogen and oxygen atoms in total. The number of hydrogen-bond donors (Lipinski definition) is 1. The van der Waals surface area contributed by atoms with E-state index >= 15 is 0 Å². The highest BCUT2D eigenvalue weighted by Crippen LogP contribution is 2.44. The number of aryl methyl sites for hydroxylation is 1. The molecule has 1 N–H and O–H groups in total. The summed E-state index contributed by atoms with van der Waals surface area (Å²) in [6.07, 6.45) is -1.89. The van der Waals surface area contributed by atoms with Crippen LogP contribution in [0.3, 0.4) is 0 Å². The molecule has 36 heavy (non-hydrogen) atoms. The zero-order valence-corrected chi connectivity index (χ0v) is 20.2. The van der Waals surface area contributed by atoms with Crippen LogP contribution in [0.15, 0.2) is 30.7 Å². The molecule has 0 spiro atoms. The molecule has 0 aliphatic carbocycles. The molecule has 0 fully saturated rings. The van der Waals surface area contributed by atoms with E-state index in [9.17, 15) is 27.2 Å². The number of hydrogen-bond acceptors (Lipinski definition) is 7. The minimum atomic E-state index is -4.68. The molecule has 1 aliphatic rings. The van der Waals surface area contributed by atoms with Gasteiger partial charge in [0.15, 0.2) is 11.9 Å². The molecule has 0 bridgehead atoms. The highest BCUT2D eigenvalue weighted by molar-refractivity contribution is 7.15. The lowest BCUT2D eigenvalue weighted by atomic mass is 10.0. The van der Waals surface area contributed by atoms with Gasteiger partial charge in [-0.1, -0.05) is 0 Å². The number of nitrogens with zero attached hydrogens (tertiary/aromatic N) is 4. The maximum absolute atomic E-state index is 13.3. The SMILES string of the molecule is Cc1cnc(-c2cc(C(=O)NC(C)c3cnc(C(F)(F)F)nc3)cc3c2OC(C)C(=O)N3CCF)s1. The molecule has 4 rings (SSSR count). The van der Waals surface area contributed by atoms with Gasteiger partial charge in [-0.25, -0.2) is 19.3 Å². The first-order chi connectivity index (χ1) is 17.0. The summed E-state index contributed by atoms with van der Waals surface area (Å²) in [6.45, 7) is 3.96. The van der Waals surface area contributed by atoms with Gasteiger partial charge in [-0.2, -0.15) is 13.2 Å². The van der Waals surface area contributed by atoms with Gasteiger partial charge in [0.25, 0.3) is 11.8 Å². The van der Waals surface area contributed by atoms with Crippen LogP contribution in [0.2, 0.25) is 0 Å². The van der Waals surface area contributed by atoms with Crippen LogP contribution in [0.5, 0.6) is 5.75 Å². The fraction of sp³-hybridized carbons (Fsp3) is 0.348. The predicted octanol–water partition coefficient (Wildman–Crippen LogP) is 4.50. The van der Waals surface area contributed by atoms with Gasteiger partial charge in [0, 0.05) is 34.6 Å². The number of fused-ring (bicyclic) bond motifs is 1. The minimum Gasteiger partial charge on any atom is -0.478 e. The lowest BCUT2D eigenvalue weighted by molar-refractivity contribution is -0.145. The van der Waals surface area contributed by atoms with E-state index in [4.69, 9.17) is 4.74 Å². The second-order valence-corrected chi connectivity index (χ2v) is 9.35. The Kier molecular flexibility index (Phi) is 6.94. The summed E-state index contributed by atoms with van der Waals surface area (Å²) in [5, 5.41) is 3.24. The summed E-state index contributed by atoms with van der Waals surface area (Å²) in [5.74, 6) is -2.00. The maximum Gasteiger partial charge on any atom is 0.451 e. The number of benzene rings is 1. The Morgan fingerprint density at radius 3 is 2.50 bits per heavy atom. The quantitative estimate of drug-likeness (QED) is 0.478. The second kappa shape index (κ2) is 9.80. The maximum atomic E-state index is 13.3. The van der Waals surface area contributed by atoms with Crippen molar-refractivity contribution in [2.45, 2.75) is 39.1 Å². The first-order valence-corrected chi connectivity index (χ1v) is 11.7. The van der Waals surface area contributed by atoms with Gasteiger partial charge >= 0.3 is 6.18 Å². The van der Waals surface area contributed by atoms with Crippen molar-refractivity contribution >= 4 is 28.8 Å². The lowest BCUT2D eigenvalue weighted by Gasteiger charge is -2.34. The third-order valence-electron chi connectivity index (χ3n) is 5.46. The fourth-order valence-electron chi connectivity index (χ4n) is 3.66. The molecule has 1 aliphatic heterocycles. The number of anilines is 1. The number of carbonyl (C=O) groups excluding carboxylic acids is 2. The van der Waals surface area contributed by atoms with Crippen LogP contribution >= 0.6 is 11.3 Å². The molecular weight excluding hydrogens is 502 g/mol. The molecule has 0 saturated carbocycles. The van der Waals surface area contributed by atoms with E-state index in [0.717, 1.165) is 17.3 Å². The van der Waals surface area contributed by atoms with Crippen LogP contribution < -0.4 is 15.0 Å². The van der Waals surface area contributed by atoms with E-state index in [1.807, 2.05) is 6.92 Å². The van der Waals surface area contributed by atoms with E-state index in [-0.39, 0.29) is 23.4 Å². The Labute approximate surface area is 207 Å². The van der Waals surface area contributed by atoms with Crippen LogP contribution in [0.25, 0.3) is 10.6 Å². The zero-order chi connectivity index (χ0) is 26.2. The highest BCUT2D eigenvalue weighted by Gasteiger charge is 2.36. The fourth-order valence-corrected chi connectivity index (χ4v) is 4.44. The molecule has 1 aromatic carbocycles. The standard InChI is InChI=1S/C23H21F4N5O3S/c1-11-8-28-20(36-11)16-6-14(7-17-18(16)35-13(3)21(34)32(17)5-4-24)19(33)31-12(2)15-9-29-22(30-10-15)23(25,26)27/h6-10,12-13H,4-5H2,1-3H3,(H,31,33). The molecule has 2 aromatic heterocycles. The molecular formula is C23H21F4N5O3S. The van der Waals surface area contributed by atoms with Crippen LogP contribution in [0.4, 0.5) is 23.2 Å².